The first-order valence-electron chi connectivity index (χ1n) is 8.06. The molecule has 0 aromatic carbocycles. The number of aliphatic hydroxyl groups excluding tert-OH is 1. The Bertz CT molecular complexity index is 562. The topological polar surface area (TPSA) is 54.4 Å². The van der Waals surface area contributed by atoms with Gasteiger partial charge in [0.05, 0.1) is 4.70 Å². The first kappa shape index (κ1) is 15.9. The van der Waals surface area contributed by atoms with E-state index in [4.69, 9.17) is 4.74 Å². The van der Waals surface area contributed by atoms with E-state index in [2.05, 4.69) is 29.4 Å². The van der Waals surface area contributed by atoms with E-state index in [9.17, 15) is 5.11 Å². The minimum atomic E-state index is 0.234. The maximum absolute atomic E-state index is 9.39. The van der Waals surface area contributed by atoms with Gasteiger partial charge >= 0.3 is 0 Å². The van der Waals surface area contributed by atoms with Crippen molar-refractivity contribution >= 4 is 21.4 Å². The molecular weight excluding hydrogens is 296 g/mol. The number of nitrogens with zero attached hydrogens (tertiary/aromatic N) is 1. The van der Waals surface area contributed by atoms with E-state index in [1.807, 2.05) is 12.4 Å². The van der Waals surface area contributed by atoms with E-state index in [0.717, 1.165) is 32.5 Å². The minimum Gasteiger partial charge on any atom is -0.396 e. The van der Waals surface area contributed by atoms with Crippen molar-refractivity contribution in [2.24, 2.45) is 5.92 Å². The number of hydrogen-bond donors (Lipinski definition) is 2. The third kappa shape index (κ3) is 3.66. The van der Waals surface area contributed by atoms with Gasteiger partial charge in [-0.05, 0) is 49.6 Å². The largest absolute Gasteiger partial charge is 0.396 e. The van der Waals surface area contributed by atoms with Crippen LogP contribution in [0.15, 0.2) is 24.5 Å². The summed E-state index contributed by atoms with van der Waals surface area (Å²) in [5.74, 6) is 0.597. The molecule has 22 heavy (non-hydrogen) atoms. The molecule has 2 N–H and O–H groups in total. The van der Waals surface area contributed by atoms with Crippen molar-refractivity contribution in [1.29, 1.82) is 0 Å². The van der Waals surface area contributed by atoms with Crippen molar-refractivity contribution in [2.45, 2.75) is 38.3 Å². The van der Waals surface area contributed by atoms with Crippen molar-refractivity contribution in [3.63, 3.8) is 0 Å². The summed E-state index contributed by atoms with van der Waals surface area (Å²) >= 11 is 1.80. The quantitative estimate of drug-likeness (QED) is 0.858. The molecule has 0 saturated carbocycles. The fourth-order valence-corrected chi connectivity index (χ4v) is 4.28. The van der Waals surface area contributed by atoms with Gasteiger partial charge in [-0.25, -0.2) is 0 Å². The molecule has 0 radical (unpaired) electrons. The molecule has 1 aliphatic rings. The summed E-state index contributed by atoms with van der Waals surface area (Å²) in [5.41, 5.74) is 0. The zero-order valence-corrected chi connectivity index (χ0v) is 13.8. The zero-order valence-electron chi connectivity index (χ0n) is 13.0. The molecule has 1 fully saturated rings. The molecule has 2 unspecified atom stereocenters. The van der Waals surface area contributed by atoms with Crippen LogP contribution >= 0.6 is 11.3 Å². The molecule has 0 aliphatic carbocycles. The van der Waals surface area contributed by atoms with Gasteiger partial charge in [-0.3, -0.25) is 4.98 Å². The van der Waals surface area contributed by atoms with Crippen LogP contribution < -0.4 is 5.32 Å². The number of ether oxygens (including phenoxy) is 1. The zero-order chi connectivity index (χ0) is 15.4. The van der Waals surface area contributed by atoms with Gasteiger partial charge in [0.15, 0.2) is 0 Å². The average molecular weight is 320 g/mol. The standard InChI is InChI=1S/C17H24N2O2S/c1-12(16-10-14-2-6-18-11-17(14)22-16)19-15(3-7-20)13-4-8-21-9-5-13/h2,6,10-13,15,19-20H,3-5,7-9H2,1H3. The van der Waals surface area contributed by atoms with Gasteiger partial charge in [0.2, 0.25) is 0 Å². The van der Waals surface area contributed by atoms with Gasteiger partial charge in [0.1, 0.15) is 0 Å². The number of aliphatic hydroxyl groups is 1. The molecule has 4 nitrogen and oxygen atoms in total. The van der Waals surface area contributed by atoms with Gasteiger partial charge in [-0.15, -0.1) is 11.3 Å². The second-order valence-electron chi connectivity index (χ2n) is 6.02. The van der Waals surface area contributed by atoms with Crippen LogP contribution in [-0.2, 0) is 4.74 Å². The molecule has 2 aromatic rings. The molecule has 5 heteroatoms. The van der Waals surface area contributed by atoms with Crippen LogP contribution in [0.4, 0.5) is 0 Å². The van der Waals surface area contributed by atoms with E-state index in [0.29, 0.717) is 12.0 Å². The Morgan fingerprint density at radius 1 is 1.45 bits per heavy atom. The predicted octanol–water partition coefficient (Wildman–Crippen LogP) is 3.12. The van der Waals surface area contributed by atoms with Gasteiger partial charge in [0.25, 0.3) is 0 Å². The molecule has 1 saturated heterocycles. The predicted molar refractivity (Wildman–Crippen MR) is 90.2 cm³/mol. The monoisotopic (exact) mass is 320 g/mol. The molecule has 3 rings (SSSR count). The first-order chi connectivity index (χ1) is 10.8. The smallest absolute Gasteiger partial charge is 0.0529 e. The lowest BCUT2D eigenvalue weighted by molar-refractivity contribution is 0.0483. The Hall–Kier alpha value is -1.01. The number of pyridine rings is 1. The molecule has 1 aliphatic heterocycles. The van der Waals surface area contributed by atoms with Crippen LogP contribution in [0.25, 0.3) is 10.1 Å². The lowest BCUT2D eigenvalue weighted by Gasteiger charge is -2.32. The molecule has 2 aromatic heterocycles. The number of nitrogens with one attached hydrogen (secondary N) is 1. The molecule has 2 atom stereocenters. The molecular formula is C17H24N2O2S. The summed E-state index contributed by atoms with van der Waals surface area (Å²) in [7, 11) is 0. The SMILES string of the molecule is CC(NC(CCO)C1CCOCC1)c1cc2ccncc2s1. The third-order valence-corrected chi connectivity index (χ3v) is 5.78. The fraction of sp³-hybridized carbons (Fsp3) is 0.588. The molecule has 0 bridgehead atoms. The van der Waals surface area contributed by atoms with E-state index >= 15 is 0 Å². The lowest BCUT2D eigenvalue weighted by Crippen LogP contribution is -2.40. The van der Waals surface area contributed by atoms with E-state index < -0.39 is 0 Å². The summed E-state index contributed by atoms with van der Waals surface area (Å²) in [4.78, 5) is 5.52. The molecule has 0 amide bonds. The Balaban J connectivity index is 1.70. The van der Waals surface area contributed by atoms with Crippen molar-refractivity contribution in [3.05, 3.63) is 29.4 Å². The van der Waals surface area contributed by atoms with Crippen LogP contribution in [-0.4, -0.2) is 36.0 Å². The maximum atomic E-state index is 9.39. The van der Waals surface area contributed by atoms with E-state index in [-0.39, 0.29) is 12.6 Å². The van der Waals surface area contributed by atoms with Crippen LogP contribution in [0.5, 0.6) is 0 Å². The van der Waals surface area contributed by atoms with Crippen LogP contribution in [0.3, 0.4) is 0 Å². The molecule has 120 valence electrons. The number of hydrogen-bond acceptors (Lipinski definition) is 5. The summed E-state index contributed by atoms with van der Waals surface area (Å²) in [6.45, 7) is 4.13. The minimum absolute atomic E-state index is 0.234. The van der Waals surface area contributed by atoms with E-state index in [1.54, 1.807) is 11.3 Å². The number of aromatic nitrogens is 1. The second kappa shape index (κ2) is 7.51. The van der Waals surface area contributed by atoms with Crippen LogP contribution in [0, 0.1) is 5.92 Å². The van der Waals surface area contributed by atoms with Gasteiger partial charge in [-0.2, -0.15) is 0 Å². The average Bonchev–Trinajstić information content (AvgIpc) is 2.99. The van der Waals surface area contributed by atoms with Gasteiger partial charge < -0.3 is 15.2 Å². The highest BCUT2D eigenvalue weighted by Gasteiger charge is 2.25. The fourth-order valence-electron chi connectivity index (χ4n) is 3.23. The number of thiophene rings is 1. The normalized spacial score (nSPS) is 19.4. The summed E-state index contributed by atoms with van der Waals surface area (Å²) < 4.78 is 6.69. The Morgan fingerprint density at radius 3 is 3.00 bits per heavy atom. The van der Waals surface area contributed by atoms with Crippen molar-refractivity contribution in [1.82, 2.24) is 10.3 Å². The van der Waals surface area contributed by atoms with E-state index in [1.165, 1.54) is 15.0 Å². The van der Waals surface area contributed by atoms with Crippen LogP contribution in [0.1, 0.15) is 37.1 Å². The second-order valence-corrected chi connectivity index (χ2v) is 7.13. The summed E-state index contributed by atoms with van der Waals surface area (Å²) in [6, 6.07) is 4.95. The molecule has 0 spiro atoms. The summed E-state index contributed by atoms with van der Waals surface area (Å²) in [5, 5.41) is 14.4. The highest BCUT2D eigenvalue weighted by molar-refractivity contribution is 7.19. The van der Waals surface area contributed by atoms with Gasteiger partial charge in [-0.1, -0.05) is 0 Å². The van der Waals surface area contributed by atoms with Gasteiger partial charge in [0, 0.05) is 49.2 Å². The Labute approximate surface area is 135 Å². The Kier molecular flexibility index (Phi) is 5.41. The Morgan fingerprint density at radius 2 is 2.27 bits per heavy atom. The maximum Gasteiger partial charge on any atom is 0.0529 e. The highest BCUT2D eigenvalue weighted by Crippen LogP contribution is 2.30. The highest BCUT2D eigenvalue weighted by atomic mass is 32.1. The van der Waals surface area contributed by atoms with Crippen molar-refractivity contribution < 1.29 is 9.84 Å². The van der Waals surface area contributed by atoms with Crippen molar-refractivity contribution in [2.75, 3.05) is 19.8 Å². The third-order valence-electron chi connectivity index (χ3n) is 4.51. The van der Waals surface area contributed by atoms with Crippen LogP contribution in [0.2, 0.25) is 0 Å². The first-order valence-corrected chi connectivity index (χ1v) is 8.87. The number of rotatable bonds is 6. The lowest BCUT2D eigenvalue weighted by atomic mass is 9.89. The van der Waals surface area contributed by atoms with Crippen molar-refractivity contribution in [3.8, 4) is 0 Å². The molecule has 3 heterocycles. The summed E-state index contributed by atoms with van der Waals surface area (Å²) in [6.07, 6.45) is 6.75. The number of fused-ring (bicyclic) bond motifs is 1.